The molecule has 0 nitrogen and oxygen atoms in total. The van der Waals surface area contributed by atoms with Gasteiger partial charge >= 0.3 is 0 Å². The Labute approximate surface area is 169 Å². The molecule has 0 saturated carbocycles. The Morgan fingerprint density at radius 3 is 1.82 bits per heavy atom. The third-order valence-electron chi connectivity index (χ3n) is 5.95. The highest BCUT2D eigenvalue weighted by Gasteiger charge is 2.50. The first-order chi connectivity index (χ1) is 13.9. The van der Waals surface area contributed by atoms with Crippen LogP contribution in [0.25, 0.3) is 21.2 Å². The number of benzene rings is 4. The maximum absolute atomic E-state index is 2.38. The van der Waals surface area contributed by atoms with Crippen LogP contribution in [-0.2, 0) is 0 Å². The van der Waals surface area contributed by atoms with Gasteiger partial charge in [0.2, 0.25) is 0 Å². The van der Waals surface area contributed by atoms with Gasteiger partial charge in [-0.25, -0.2) is 0 Å². The topological polar surface area (TPSA) is 0 Å². The molecule has 2 heterocycles. The lowest BCUT2D eigenvalue weighted by Crippen LogP contribution is -2.72. The Hall–Kier alpha value is -2.94. The van der Waals surface area contributed by atoms with E-state index in [0.29, 0.717) is 0 Å². The Balaban J connectivity index is 1.85. The predicted octanol–water partition coefficient (Wildman–Crippen LogP) is 4.26. The van der Waals surface area contributed by atoms with Crippen molar-refractivity contribution >= 4 is 49.6 Å². The van der Waals surface area contributed by atoms with Gasteiger partial charge in [-0.05, 0) is 27.2 Å². The maximum atomic E-state index is 2.38. The van der Waals surface area contributed by atoms with Crippen molar-refractivity contribution in [1.29, 1.82) is 0 Å². The molecule has 0 fully saturated rings. The fraction of sp³-hybridized carbons (Fsp3) is 0. The fourth-order valence-electron chi connectivity index (χ4n) is 4.84. The minimum Gasteiger partial charge on any atom is -0.143 e. The molecule has 0 atom stereocenters. The Morgan fingerprint density at radius 2 is 1.11 bits per heavy atom. The molecule has 1 aliphatic rings. The molecule has 1 aromatic heterocycles. The molecule has 0 saturated heterocycles. The highest BCUT2D eigenvalue weighted by atomic mass is 32.1. The second-order valence-corrected chi connectivity index (χ2v) is 12.4. The van der Waals surface area contributed by atoms with E-state index >= 15 is 0 Å². The largest absolute Gasteiger partial charge is 0.192 e. The lowest BCUT2D eigenvalue weighted by molar-refractivity contribution is 1.70. The van der Waals surface area contributed by atoms with Crippen LogP contribution in [0, 0.1) is 0 Å². The van der Waals surface area contributed by atoms with Crippen molar-refractivity contribution in [2.45, 2.75) is 0 Å². The molecular weight excluding hydrogens is 372 g/mol. The Bertz CT molecular complexity index is 1260. The first-order valence-electron chi connectivity index (χ1n) is 9.63. The van der Waals surface area contributed by atoms with Gasteiger partial charge in [0.25, 0.3) is 0 Å². The average Bonchev–Trinajstić information content (AvgIpc) is 3.28. The minimum absolute atomic E-state index is 1.39. The van der Waals surface area contributed by atoms with Gasteiger partial charge in [-0.2, -0.15) is 0 Å². The molecule has 4 aromatic carbocycles. The molecule has 6 rings (SSSR count). The van der Waals surface area contributed by atoms with Crippen molar-refractivity contribution in [2.75, 3.05) is 0 Å². The van der Waals surface area contributed by atoms with E-state index in [9.17, 15) is 0 Å². The van der Waals surface area contributed by atoms with Gasteiger partial charge in [0.15, 0.2) is 8.07 Å². The van der Waals surface area contributed by atoms with Gasteiger partial charge in [0.05, 0.1) is 0 Å². The van der Waals surface area contributed by atoms with Gasteiger partial charge in [0.1, 0.15) is 0 Å². The van der Waals surface area contributed by atoms with Gasteiger partial charge in [-0.1, -0.05) is 103 Å². The number of hydrogen-bond donors (Lipinski definition) is 0. The minimum atomic E-state index is -2.29. The molecule has 0 aliphatic carbocycles. The monoisotopic (exact) mass is 390 g/mol. The quantitative estimate of drug-likeness (QED) is 0.388. The predicted molar refractivity (Wildman–Crippen MR) is 124 cm³/mol. The molecule has 132 valence electrons. The summed E-state index contributed by atoms with van der Waals surface area (Å²) in [6.45, 7) is 0. The molecule has 0 spiro atoms. The molecule has 0 N–H and O–H groups in total. The Kier molecular flexibility index (Phi) is 3.46. The standard InChI is InChI=1S/C26H18SSi/c1-3-11-19(12-4-1)28(20-13-5-2-6-14-20)24-18-10-8-16-22(24)25-21-15-7-9-17-23(21)27-26(25)28/h1-18H. The lowest BCUT2D eigenvalue weighted by Gasteiger charge is -2.30. The zero-order chi connectivity index (χ0) is 18.6. The first-order valence-corrected chi connectivity index (χ1v) is 12.5. The maximum Gasteiger partial charge on any atom is 0.192 e. The van der Waals surface area contributed by atoms with Crippen molar-refractivity contribution in [2.24, 2.45) is 0 Å². The van der Waals surface area contributed by atoms with Crippen molar-refractivity contribution in [3.63, 3.8) is 0 Å². The highest BCUT2D eigenvalue weighted by Crippen LogP contribution is 2.38. The van der Waals surface area contributed by atoms with Gasteiger partial charge in [0, 0.05) is 20.2 Å². The summed E-state index contributed by atoms with van der Waals surface area (Å²) in [7, 11) is -2.29. The van der Waals surface area contributed by atoms with Crippen molar-refractivity contribution in [1.82, 2.24) is 0 Å². The SMILES string of the molecule is c1ccc([Si]2(c3ccccc3)c3ccccc3-c3c2sc2ccccc32)cc1. The summed E-state index contributed by atoms with van der Waals surface area (Å²) in [5.41, 5.74) is 2.89. The number of thiophene rings is 1. The van der Waals surface area contributed by atoms with Crippen molar-refractivity contribution in [3.8, 4) is 11.1 Å². The molecule has 2 heteroatoms. The molecule has 0 unspecified atom stereocenters. The number of hydrogen-bond acceptors (Lipinski definition) is 1. The van der Waals surface area contributed by atoms with E-state index in [4.69, 9.17) is 0 Å². The lowest BCUT2D eigenvalue weighted by atomic mass is 10.1. The third kappa shape index (κ3) is 1.99. The molecular formula is C26H18SSi. The molecule has 1 aliphatic heterocycles. The normalized spacial score (nSPS) is 14.0. The smallest absolute Gasteiger partial charge is 0.143 e. The summed E-state index contributed by atoms with van der Waals surface area (Å²) in [5.74, 6) is 0. The van der Waals surface area contributed by atoms with Crippen LogP contribution < -0.4 is 20.1 Å². The van der Waals surface area contributed by atoms with Crippen LogP contribution in [0.3, 0.4) is 0 Å². The molecule has 28 heavy (non-hydrogen) atoms. The molecule has 0 bridgehead atoms. The second-order valence-electron chi connectivity index (χ2n) is 7.33. The summed E-state index contributed by atoms with van der Waals surface area (Å²) in [4.78, 5) is 0. The summed E-state index contributed by atoms with van der Waals surface area (Å²) < 4.78 is 2.97. The van der Waals surface area contributed by atoms with Gasteiger partial charge < -0.3 is 0 Å². The fourth-order valence-corrected chi connectivity index (χ4v) is 12.5. The van der Waals surface area contributed by atoms with E-state index < -0.39 is 8.07 Å². The highest BCUT2D eigenvalue weighted by molar-refractivity contribution is 7.41. The van der Waals surface area contributed by atoms with Gasteiger partial charge in [-0.15, -0.1) is 11.3 Å². The van der Waals surface area contributed by atoms with E-state index in [1.807, 2.05) is 11.3 Å². The summed E-state index contributed by atoms with van der Waals surface area (Å²) in [5, 5.41) is 5.87. The van der Waals surface area contributed by atoms with Crippen LogP contribution in [0.4, 0.5) is 0 Å². The Morgan fingerprint density at radius 1 is 0.536 bits per heavy atom. The number of rotatable bonds is 2. The van der Waals surface area contributed by atoms with Gasteiger partial charge in [-0.3, -0.25) is 0 Å². The number of fused-ring (bicyclic) bond motifs is 5. The van der Waals surface area contributed by atoms with Crippen molar-refractivity contribution < 1.29 is 0 Å². The molecule has 0 radical (unpaired) electrons. The first kappa shape index (κ1) is 16.1. The van der Waals surface area contributed by atoms with Crippen LogP contribution in [0.15, 0.2) is 109 Å². The third-order valence-corrected chi connectivity index (χ3v) is 12.7. The zero-order valence-corrected chi connectivity index (χ0v) is 17.1. The van der Waals surface area contributed by atoms with Crippen LogP contribution >= 0.6 is 11.3 Å². The van der Waals surface area contributed by atoms with E-state index in [-0.39, 0.29) is 0 Å². The van der Waals surface area contributed by atoms with Crippen LogP contribution in [-0.4, -0.2) is 8.07 Å². The van der Waals surface area contributed by atoms with E-state index in [1.54, 1.807) is 4.50 Å². The van der Waals surface area contributed by atoms with Crippen LogP contribution in [0.2, 0.25) is 0 Å². The second kappa shape index (κ2) is 6.03. The summed E-state index contributed by atoms with van der Waals surface area (Å²) in [6, 6.07) is 40.4. The van der Waals surface area contributed by atoms with E-state index in [1.165, 1.54) is 36.8 Å². The molecule has 5 aromatic rings. The van der Waals surface area contributed by atoms with Crippen molar-refractivity contribution in [3.05, 3.63) is 109 Å². The van der Waals surface area contributed by atoms with E-state index in [0.717, 1.165) is 0 Å². The zero-order valence-electron chi connectivity index (χ0n) is 15.3. The summed E-state index contributed by atoms with van der Waals surface area (Å²) >= 11 is 2.00. The summed E-state index contributed by atoms with van der Waals surface area (Å²) in [6.07, 6.45) is 0. The average molecular weight is 391 g/mol. The molecule has 0 amide bonds. The van der Waals surface area contributed by atoms with E-state index in [2.05, 4.69) is 109 Å². The van der Waals surface area contributed by atoms with Crippen LogP contribution in [0.1, 0.15) is 0 Å². The van der Waals surface area contributed by atoms with Crippen LogP contribution in [0.5, 0.6) is 0 Å².